The summed E-state index contributed by atoms with van der Waals surface area (Å²) in [6.07, 6.45) is 2.97. The topological polar surface area (TPSA) is 61.6 Å². The lowest BCUT2D eigenvalue weighted by Crippen LogP contribution is -2.04. The zero-order valence-electron chi connectivity index (χ0n) is 8.89. The molecule has 0 bridgehead atoms. The second-order valence-corrected chi connectivity index (χ2v) is 3.35. The largest absolute Gasteiger partial charge is 0.364 e. The van der Waals surface area contributed by atoms with Crippen molar-refractivity contribution in [1.82, 2.24) is 9.97 Å². The van der Waals surface area contributed by atoms with Gasteiger partial charge in [-0.05, 0) is 17.7 Å². The van der Waals surface area contributed by atoms with Crippen molar-refractivity contribution in [3.05, 3.63) is 53.7 Å². The van der Waals surface area contributed by atoms with E-state index >= 15 is 0 Å². The van der Waals surface area contributed by atoms with Gasteiger partial charge in [-0.1, -0.05) is 12.1 Å². The molecule has 0 aliphatic carbocycles. The Morgan fingerprint density at radius 2 is 1.88 bits per heavy atom. The number of anilines is 1. The summed E-state index contributed by atoms with van der Waals surface area (Å²) in [6.45, 7) is 0.466. The number of nitrogens with one attached hydrogen (secondary N) is 1. The molecule has 4 nitrogen and oxygen atoms in total. The highest BCUT2D eigenvalue weighted by Gasteiger charge is 2.03. The lowest BCUT2D eigenvalue weighted by atomic mass is 10.2. The van der Waals surface area contributed by atoms with E-state index in [2.05, 4.69) is 15.3 Å². The fourth-order valence-corrected chi connectivity index (χ4v) is 1.34. The van der Waals surface area contributed by atoms with Gasteiger partial charge in [0, 0.05) is 18.9 Å². The average Bonchev–Trinajstić information content (AvgIpc) is 2.38. The molecule has 0 saturated carbocycles. The molecule has 2 aromatic rings. The summed E-state index contributed by atoms with van der Waals surface area (Å²) in [5.74, 6) is 0.158. The Bertz CT molecular complexity index is 545. The van der Waals surface area contributed by atoms with E-state index in [1.807, 2.05) is 6.07 Å². The Morgan fingerprint density at radius 3 is 2.59 bits per heavy atom. The van der Waals surface area contributed by atoms with E-state index in [1.54, 1.807) is 12.1 Å². The van der Waals surface area contributed by atoms with Crippen LogP contribution < -0.4 is 5.32 Å². The molecule has 17 heavy (non-hydrogen) atoms. The average molecular weight is 228 g/mol. The van der Waals surface area contributed by atoms with E-state index in [0.29, 0.717) is 12.4 Å². The molecular weight excluding hydrogens is 219 g/mol. The third kappa shape index (κ3) is 2.75. The first-order chi connectivity index (χ1) is 8.29. The van der Waals surface area contributed by atoms with E-state index in [0.717, 1.165) is 5.56 Å². The lowest BCUT2D eigenvalue weighted by molar-refractivity contribution is 0.627. The van der Waals surface area contributed by atoms with Gasteiger partial charge >= 0.3 is 0 Å². The Hall–Kier alpha value is -2.48. The molecule has 1 N–H and O–H groups in total. The maximum Gasteiger partial charge on any atom is 0.182 e. The van der Waals surface area contributed by atoms with Crippen LogP contribution in [0.1, 0.15) is 11.3 Å². The highest BCUT2D eigenvalue weighted by atomic mass is 19.1. The van der Waals surface area contributed by atoms with Crippen LogP contribution in [0.5, 0.6) is 0 Å². The minimum absolute atomic E-state index is 0.245. The summed E-state index contributed by atoms with van der Waals surface area (Å²) in [4.78, 5) is 7.89. The van der Waals surface area contributed by atoms with Gasteiger partial charge in [0.1, 0.15) is 11.9 Å². The van der Waals surface area contributed by atoms with Crippen molar-refractivity contribution in [2.45, 2.75) is 6.54 Å². The third-order valence-electron chi connectivity index (χ3n) is 2.18. The molecule has 1 aromatic carbocycles. The number of rotatable bonds is 3. The molecule has 0 radical (unpaired) electrons. The first kappa shape index (κ1) is 11.0. The van der Waals surface area contributed by atoms with Gasteiger partial charge in [0.15, 0.2) is 11.5 Å². The summed E-state index contributed by atoms with van der Waals surface area (Å²) < 4.78 is 12.7. The fraction of sp³-hybridized carbons (Fsp3) is 0.0833. The van der Waals surface area contributed by atoms with Crippen molar-refractivity contribution in [3.8, 4) is 6.07 Å². The summed E-state index contributed by atoms with van der Waals surface area (Å²) >= 11 is 0. The number of benzene rings is 1. The van der Waals surface area contributed by atoms with Crippen molar-refractivity contribution in [1.29, 1.82) is 5.26 Å². The zero-order chi connectivity index (χ0) is 12.1. The highest BCUT2D eigenvalue weighted by Crippen LogP contribution is 2.09. The molecular formula is C12H9FN4. The van der Waals surface area contributed by atoms with Crippen LogP contribution >= 0.6 is 0 Å². The van der Waals surface area contributed by atoms with Gasteiger partial charge < -0.3 is 5.32 Å². The lowest BCUT2D eigenvalue weighted by Gasteiger charge is -2.05. The first-order valence-corrected chi connectivity index (χ1v) is 4.99. The van der Waals surface area contributed by atoms with Gasteiger partial charge in [0.2, 0.25) is 0 Å². The van der Waals surface area contributed by atoms with Crippen molar-refractivity contribution < 1.29 is 4.39 Å². The van der Waals surface area contributed by atoms with Crippen molar-refractivity contribution in [2.75, 3.05) is 5.32 Å². The molecule has 0 aliphatic heterocycles. The van der Waals surface area contributed by atoms with E-state index in [4.69, 9.17) is 5.26 Å². The smallest absolute Gasteiger partial charge is 0.182 e. The predicted molar refractivity (Wildman–Crippen MR) is 60.5 cm³/mol. The zero-order valence-corrected chi connectivity index (χ0v) is 8.89. The van der Waals surface area contributed by atoms with Crippen LogP contribution in [0.2, 0.25) is 0 Å². The van der Waals surface area contributed by atoms with Crippen LogP contribution in [0, 0.1) is 17.1 Å². The molecule has 0 unspecified atom stereocenters. The molecule has 0 amide bonds. The van der Waals surface area contributed by atoms with E-state index < -0.39 is 0 Å². The van der Waals surface area contributed by atoms with Crippen molar-refractivity contribution in [2.24, 2.45) is 0 Å². The van der Waals surface area contributed by atoms with Crippen LogP contribution in [0.3, 0.4) is 0 Å². The molecule has 5 heteroatoms. The molecule has 0 spiro atoms. The fourth-order valence-electron chi connectivity index (χ4n) is 1.34. The monoisotopic (exact) mass is 228 g/mol. The van der Waals surface area contributed by atoms with Crippen LogP contribution in [0.15, 0.2) is 36.7 Å². The van der Waals surface area contributed by atoms with E-state index in [1.165, 1.54) is 24.5 Å². The van der Waals surface area contributed by atoms with Crippen LogP contribution in [-0.2, 0) is 6.54 Å². The highest BCUT2D eigenvalue weighted by molar-refractivity contribution is 5.47. The Morgan fingerprint density at radius 1 is 1.18 bits per heavy atom. The van der Waals surface area contributed by atoms with Gasteiger partial charge in [-0.3, -0.25) is 0 Å². The summed E-state index contributed by atoms with van der Waals surface area (Å²) in [5.41, 5.74) is 1.15. The molecule has 84 valence electrons. The molecule has 2 rings (SSSR count). The maximum atomic E-state index is 12.7. The first-order valence-electron chi connectivity index (χ1n) is 4.99. The molecule has 1 aromatic heterocycles. The second-order valence-electron chi connectivity index (χ2n) is 3.35. The number of hydrogen-bond donors (Lipinski definition) is 1. The van der Waals surface area contributed by atoms with Crippen molar-refractivity contribution >= 4 is 5.82 Å². The van der Waals surface area contributed by atoms with Crippen molar-refractivity contribution in [3.63, 3.8) is 0 Å². The number of halogens is 1. The minimum Gasteiger partial charge on any atom is -0.364 e. The predicted octanol–water partition coefficient (Wildman–Crippen LogP) is 2.10. The van der Waals surface area contributed by atoms with E-state index in [9.17, 15) is 4.39 Å². The molecule has 0 saturated heterocycles. The van der Waals surface area contributed by atoms with Crippen LogP contribution in [-0.4, -0.2) is 9.97 Å². The Kier molecular flexibility index (Phi) is 3.26. The number of nitrogens with zero attached hydrogens (tertiary/aromatic N) is 3. The third-order valence-corrected chi connectivity index (χ3v) is 2.18. The molecule has 0 fully saturated rings. The van der Waals surface area contributed by atoms with Crippen LogP contribution in [0.25, 0.3) is 0 Å². The number of hydrogen-bond acceptors (Lipinski definition) is 4. The quantitative estimate of drug-likeness (QED) is 0.873. The molecule has 1 heterocycles. The molecule has 0 atom stereocenters. The summed E-state index contributed by atoms with van der Waals surface area (Å²) in [5, 5.41) is 11.8. The number of aromatic nitrogens is 2. The summed E-state index contributed by atoms with van der Waals surface area (Å²) in [7, 11) is 0. The SMILES string of the molecule is N#Cc1nccnc1NCc1ccc(F)cc1. The maximum absolute atomic E-state index is 12.7. The second kappa shape index (κ2) is 5.03. The van der Waals surface area contributed by atoms with Gasteiger partial charge in [0.05, 0.1) is 0 Å². The van der Waals surface area contributed by atoms with E-state index in [-0.39, 0.29) is 11.5 Å². The Labute approximate surface area is 97.8 Å². The van der Waals surface area contributed by atoms with Gasteiger partial charge in [0.25, 0.3) is 0 Å². The number of nitriles is 1. The normalized spacial score (nSPS) is 9.65. The summed E-state index contributed by atoms with van der Waals surface area (Å²) in [6, 6.07) is 8.06. The minimum atomic E-state index is -0.272. The van der Waals surface area contributed by atoms with Crippen LogP contribution in [0.4, 0.5) is 10.2 Å². The van der Waals surface area contributed by atoms with Gasteiger partial charge in [-0.15, -0.1) is 0 Å². The Balaban J connectivity index is 2.08. The molecule has 0 aliphatic rings. The standard InChI is InChI=1S/C12H9FN4/c13-10-3-1-9(2-4-10)8-17-12-11(7-14)15-5-6-16-12/h1-6H,8H2,(H,16,17). The van der Waals surface area contributed by atoms with Gasteiger partial charge in [-0.2, -0.15) is 5.26 Å². The van der Waals surface area contributed by atoms with Gasteiger partial charge in [-0.25, -0.2) is 14.4 Å².